The van der Waals surface area contributed by atoms with E-state index in [1.807, 2.05) is 29.0 Å². The minimum Gasteiger partial charge on any atom is -0.352 e. The largest absolute Gasteiger partial charge is 0.352 e. The summed E-state index contributed by atoms with van der Waals surface area (Å²) in [5, 5.41) is 3.08. The maximum absolute atomic E-state index is 12.3. The Kier molecular flexibility index (Phi) is 5.83. The van der Waals surface area contributed by atoms with Gasteiger partial charge in [0.25, 0.3) is 0 Å². The molecule has 3 N–H and O–H groups in total. The monoisotopic (exact) mass is 341 g/mol. The molecule has 1 aromatic carbocycles. The molecule has 1 aromatic heterocycles. The van der Waals surface area contributed by atoms with Crippen LogP contribution in [0.25, 0.3) is 0 Å². The van der Waals surface area contributed by atoms with Gasteiger partial charge in [0.2, 0.25) is 5.91 Å². The van der Waals surface area contributed by atoms with E-state index >= 15 is 0 Å². The Morgan fingerprint density at radius 3 is 2.76 bits per heavy atom. The predicted molar refractivity (Wildman–Crippen MR) is 98.1 cm³/mol. The van der Waals surface area contributed by atoms with Gasteiger partial charge in [-0.2, -0.15) is 0 Å². The number of nitrogens with one attached hydrogen (secondary N) is 1. The van der Waals surface area contributed by atoms with Crippen LogP contribution in [0.5, 0.6) is 0 Å². The van der Waals surface area contributed by atoms with Crippen molar-refractivity contribution in [1.82, 2.24) is 19.8 Å². The summed E-state index contributed by atoms with van der Waals surface area (Å²) >= 11 is 0. The summed E-state index contributed by atoms with van der Waals surface area (Å²) in [6.07, 6.45) is 6.20. The number of hydrogen-bond donors (Lipinski definition) is 2. The van der Waals surface area contributed by atoms with Crippen molar-refractivity contribution in [2.24, 2.45) is 5.73 Å². The summed E-state index contributed by atoms with van der Waals surface area (Å²) in [5.41, 5.74) is 8.15. The molecule has 134 valence electrons. The van der Waals surface area contributed by atoms with Crippen LogP contribution in [0.3, 0.4) is 0 Å². The third-order valence-corrected chi connectivity index (χ3v) is 4.73. The van der Waals surface area contributed by atoms with Gasteiger partial charge in [0.1, 0.15) is 0 Å². The van der Waals surface area contributed by atoms with E-state index in [0.717, 1.165) is 38.2 Å². The van der Waals surface area contributed by atoms with E-state index in [2.05, 4.69) is 34.4 Å². The molecular formula is C19H27N5O. The molecule has 0 radical (unpaired) electrons. The third-order valence-electron chi connectivity index (χ3n) is 4.73. The zero-order valence-corrected chi connectivity index (χ0v) is 14.8. The lowest BCUT2D eigenvalue weighted by atomic mass is 10.0. The highest BCUT2D eigenvalue weighted by Crippen LogP contribution is 2.09. The Bertz CT molecular complexity index is 676. The lowest BCUT2D eigenvalue weighted by Gasteiger charge is -2.30. The van der Waals surface area contributed by atoms with E-state index in [4.69, 9.17) is 5.73 Å². The second-order valence-electron chi connectivity index (χ2n) is 6.92. The fourth-order valence-electron chi connectivity index (χ4n) is 3.17. The van der Waals surface area contributed by atoms with Gasteiger partial charge in [-0.05, 0) is 38.5 Å². The van der Waals surface area contributed by atoms with Crippen molar-refractivity contribution < 1.29 is 4.79 Å². The quantitative estimate of drug-likeness (QED) is 0.822. The number of piperidine rings is 1. The Labute approximate surface area is 149 Å². The molecule has 0 bridgehead atoms. The SMILES string of the molecule is CN1CCC(NC(=O)C(N)Cc2cn(Cc3ccccc3)cn2)CC1. The number of aromatic nitrogens is 2. The second-order valence-corrected chi connectivity index (χ2v) is 6.92. The molecular weight excluding hydrogens is 314 g/mol. The standard InChI is InChI=1S/C19H27N5O/c1-23-9-7-16(8-10-23)22-19(25)18(20)11-17-13-24(14-21-17)12-15-5-3-2-4-6-15/h2-6,13-14,16,18H,7-12,20H2,1H3,(H,22,25). The van der Waals surface area contributed by atoms with Gasteiger partial charge in [-0.3, -0.25) is 4.79 Å². The number of nitrogens with zero attached hydrogens (tertiary/aromatic N) is 3. The van der Waals surface area contributed by atoms with Gasteiger partial charge < -0.3 is 20.5 Å². The smallest absolute Gasteiger partial charge is 0.237 e. The molecule has 1 unspecified atom stereocenters. The molecule has 0 spiro atoms. The highest BCUT2D eigenvalue weighted by atomic mass is 16.2. The first-order valence-electron chi connectivity index (χ1n) is 8.89. The van der Waals surface area contributed by atoms with Crippen LogP contribution in [0.1, 0.15) is 24.1 Å². The molecule has 6 heteroatoms. The van der Waals surface area contributed by atoms with E-state index in [9.17, 15) is 4.79 Å². The summed E-state index contributed by atoms with van der Waals surface area (Å²) in [4.78, 5) is 19.0. The molecule has 1 aliphatic heterocycles. The summed E-state index contributed by atoms with van der Waals surface area (Å²) in [5.74, 6) is -0.0767. The van der Waals surface area contributed by atoms with Crippen LogP contribution in [0.15, 0.2) is 42.9 Å². The number of rotatable bonds is 6. The molecule has 2 heterocycles. The Balaban J connectivity index is 1.49. The molecule has 3 rings (SSSR count). The Morgan fingerprint density at radius 2 is 2.04 bits per heavy atom. The summed E-state index contributed by atoms with van der Waals surface area (Å²) in [6.45, 7) is 2.80. The first kappa shape index (κ1) is 17.6. The van der Waals surface area contributed by atoms with Crippen molar-refractivity contribution in [1.29, 1.82) is 0 Å². The van der Waals surface area contributed by atoms with Crippen LogP contribution in [-0.4, -0.2) is 52.6 Å². The maximum atomic E-state index is 12.3. The molecule has 25 heavy (non-hydrogen) atoms. The molecule has 1 aliphatic rings. The first-order valence-corrected chi connectivity index (χ1v) is 8.89. The van der Waals surface area contributed by atoms with Crippen molar-refractivity contribution in [3.05, 3.63) is 54.1 Å². The molecule has 0 saturated carbocycles. The molecule has 2 aromatic rings. The Morgan fingerprint density at radius 1 is 1.32 bits per heavy atom. The van der Waals surface area contributed by atoms with Crippen molar-refractivity contribution in [2.45, 2.75) is 37.9 Å². The van der Waals surface area contributed by atoms with Gasteiger partial charge in [-0.25, -0.2) is 4.98 Å². The number of likely N-dealkylation sites (tertiary alicyclic amines) is 1. The predicted octanol–water partition coefficient (Wildman–Crippen LogP) is 1.01. The van der Waals surface area contributed by atoms with E-state index in [0.29, 0.717) is 6.42 Å². The van der Waals surface area contributed by atoms with Crippen molar-refractivity contribution in [3.8, 4) is 0 Å². The van der Waals surface area contributed by atoms with Gasteiger partial charge in [-0.1, -0.05) is 30.3 Å². The van der Waals surface area contributed by atoms with Crippen LogP contribution in [0, 0.1) is 0 Å². The van der Waals surface area contributed by atoms with E-state index in [-0.39, 0.29) is 11.9 Å². The minimum absolute atomic E-state index is 0.0767. The third kappa shape index (κ3) is 5.14. The van der Waals surface area contributed by atoms with E-state index in [1.54, 1.807) is 6.33 Å². The number of nitrogens with two attached hydrogens (primary N) is 1. The molecule has 1 atom stereocenters. The van der Waals surface area contributed by atoms with Crippen molar-refractivity contribution >= 4 is 5.91 Å². The van der Waals surface area contributed by atoms with Crippen LogP contribution < -0.4 is 11.1 Å². The van der Waals surface area contributed by atoms with Crippen LogP contribution >= 0.6 is 0 Å². The molecule has 1 fully saturated rings. The number of hydrogen-bond acceptors (Lipinski definition) is 4. The van der Waals surface area contributed by atoms with E-state index < -0.39 is 6.04 Å². The van der Waals surface area contributed by atoms with Gasteiger partial charge in [-0.15, -0.1) is 0 Å². The topological polar surface area (TPSA) is 76.2 Å². The van der Waals surface area contributed by atoms with Crippen LogP contribution in [0.2, 0.25) is 0 Å². The highest BCUT2D eigenvalue weighted by molar-refractivity contribution is 5.82. The molecule has 1 saturated heterocycles. The highest BCUT2D eigenvalue weighted by Gasteiger charge is 2.22. The summed E-state index contributed by atoms with van der Waals surface area (Å²) in [7, 11) is 2.11. The van der Waals surface area contributed by atoms with Crippen molar-refractivity contribution in [3.63, 3.8) is 0 Å². The van der Waals surface area contributed by atoms with Gasteiger partial charge >= 0.3 is 0 Å². The average molecular weight is 341 g/mol. The second kappa shape index (κ2) is 8.27. The molecule has 0 aliphatic carbocycles. The zero-order valence-electron chi connectivity index (χ0n) is 14.8. The van der Waals surface area contributed by atoms with Gasteiger partial charge in [0.05, 0.1) is 18.1 Å². The van der Waals surface area contributed by atoms with Crippen LogP contribution in [0.4, 0.5) is 0 Å². The zero-order chi connectivity index (χ0) is 17.6. The number of imidazole rings is 1. The first-order chi connectivity index (χ1) is 12.1. The number of carbonyl (C=O) groups excluding carboxylic acids is 1. The lowest BCUT2D eigenvalue weighted by Crippen LogP contribution is -2.49. The minimum atomic E-state index is -0.556. The fraction of sp³-hybridized carbons (Fsp3) is 0.474. The van der Waals surface area contributed by atoms with Crippen LogP contribution in [-0.2, 0) is 17.8 Å². The molecule has 6 nitrogen and oxygen atoms in total. The Hall–Kier alpha value is -2.18. The fourth-order valence-corrected chi connectivity index (χ4v) is 3.17. The van der Waals surface area contributed by atoms with Gasteiger partial charge in [0.15, 0.2) is 0 Å². The number of carbonyl (C=O) groups is 1. The van der Waals surface area contributed by atoms with E-state index in [1.165, 1.54) is 5.56 Å². The van der Waals surface area contributed by atoms with Gasteiger partial charge in [0, 0.05) is 25.2 Å². The average Bonchev–Trinajstić information content (AvgIpc) is 3.04. The molecule has 1 amide bonds. The number of amides is 1. The summed E-state index contributed by atoms with van der Waals surface area (Å²) in [6, 6.07) is 9.91. The maximum Gasteiger partial charge on any atom is 0.237 e. The summed E-state index contributed by atoms with van der Waals surface area (Å²) < 4.78 is 2.02. The van der Waals surface area contributed by atoms with Crippen molar-refractivity contribution in [2.75, 3.05) is 20.1 Å². The number of benzene rings is 1. The lowest BCUT2D eigenvalue weighted by molar-refractivity contribution is -0.123. The normalized spacial score (nSPS) is 17.4.